The van der Waals surface area contributed by atoms with Gasteiger partial charge in [-0.15, -0.1) is 0 Å². The summed E-state index contributed by atoms with van der Waals surface area (Å²) in [6.07, 6.45) is 3.03. The summed E-state index contributed by atoms with van der Waals surface area (Å²) in [5.41, 5.74) is 3.23. The number of para-hydroxylation sites is 1. The van der Waals surface area contributed by atoms with E-state index in [9.17, 15) is 0 Å². The first-order chi connectivity index (χ1) is 8.22. The molecule has 0 unspecified atom stereocenters. The maximum absolute atomic E-state index is 6.15. The summed E-state index contributed by atoms with van der Waals surface area (Å²) < 4.78 is 1.85. The zero-order valence-electron chi connectivity index (χ0n) is 10.1. The van der Waals surface area contributed by atoms with Gasteiger partial charge in [-0.05, 0) is 44.6 Å². The van der Waals surface area contributed by atoms with Crippen LogP contribution in [0.4, 0.5) is 0 Å². The number of hydrogen-bond acceptors (Lipinski definition) is 2. The second kappa shape index (κ2) is 5.34. The van der Waals surface area contributed by atoms with Gasteiger partial charge in [-0.2, -0.15) is 5.10 Å². The van der Waals surface area contributed by atoms with E-state index in [0.29, 0.717) is 0 Å². The molecule has 2 aromatic rings. The third-order valence-electron chi connectivity index (χ3n) is 2.74. The monoisotopic (exact) mass is 249 g/mol. The van der Waals surface area contributed by atoms with Crippen molar-refractivity contribution < 1.29 is 0 Å². The van der Waals surface area contributed by atoms with Crippen LogP contribution >= 0.6 is 11.6 Å². The number of likely N-dealkylation sites (N-methyl/N-ethyl adjacent to an activating group) is 1. The van der Waals surface area contributed by atoms with Gasteiger partial charge in [0, 0.05) is 6.20 Å². The summed E-state index contributed by atoms with van der Waals surface area (Å²) in [5, 5.41) is 8.36. The van der Waals surface area contributed by atoms with E-state index in [2.05, 4.69) is 10.4 Å². The van der Waals surface area contributed by atoms with Crippen LogP contribution in [-0.2, 0) is 6.42 Å². The van der Waals surface area contributed by atoms with Crippen LogP contribution in [0.1, 0.15) is 11.3 Å². The molecule has 3 nitrogen and oxygen atoms in total. The van der Waals surface area contributed by atoms with Crippen molar-refractivity contribution in [2.24, 2.45) is 0 Å². The van der Waals surface area contributed by atoms with Gasteiger partial charge in [0.05, 0.1) is 16.4 Å². The van der Waals surface area contributed by atoms with Crippen LogP contribution in [0.25, 0.3) is 5.69 Å². The topological polar surface area (TPSA) is 29.9 Å². The number of hydrogen-bond donors (Lipinski definition) is 1. The van der Waals surface area contributed by atoms with Crippen LogP contribution in [0.15, 0.2) is 30.5 Å². The predicted molar refractivity (Wildman–Crippen MR) is 70.9 cm³/mol. The highest BCUT2D eigenvalue weighted by atomic mass is 35.5. The van der Waals surface area contributed by atoms with Crippen molar-refractivity contribution in [1.29, 1.82) is 0 Å². The minimum Gasteiger partial charge on any atom is -0.319 e. The van der Waals surface area contributed by atoms with Gasteiger partial charge >= 0.3 is 0 Å². The zero-order chi connectivity index (χ0) is 12.3. The van der Waals surface area contributed by atoms with E-state index < -0.39 is 0 Å². The molecule has 0 saturated carbocycles. The number of rotatable bonds is 4. The standard InChI is InChI=1S/C13H16ClN3/c1-10-11(7-8-15-2)9-17(16-10)13-6-4-3-5-12(13)14/h3-6,9,15H,7-8H2,1-2H3. The Morgan fingerprint density at radius 2 is 2.12 bits per heavy atom. The van der Waals surface area contributed by atoms with Crippen molar-refractivity contribution >= 4 is 11.6 Å². The second-order valence-electron chi connectivity index (χ2n) is 3.99. The molecule has 4 heteroatoms. The van der Waals surface area contributed by atoms with E-state index in [0.717, 1.165) is 29.4 Å². The Hall–Kier alpha value is -1.32. The lowest BCUT2D eigenvalue weighted by atomic mass is 10.2. The second-order valence-corrected chi connectivity index (χ2v) is 4.40. The fraction of sp³-hybridized carbons (Fsp3) is 0.308. The lowest BCUT2D eigenvalue weighted by molar-refractivity contribution is 0.788. The third kappa shape index (κ3) is 2.68. The molecular formula is C13H16ClN3. The van der Waals surface area contributed by atoms with E-state index in [1.165, 1.54) is 5.56 Å². The van der Waals surface area contributed by atoms with Gasteiger partial charge in [-0.25, -0.2) is 4.68 Å². The van der Waals surface area contributed by atoms with E-state index >= 15 is 0 Å². The van der Waals surface area contributed by atoms with E-state index in [-0.39, 0.29) is 0 Å². The molecular weight excluding hydrogens is 234 g/mol. The Bertz CT molecular complexity index is 505. The Balaban J connectivity index is 2.31. The van der Waals surface area contributed by atoms with Gasteiger partial charge in [0.1, 0.15) is 0 Å². The molecule has 0 atom stereocenters. The summed E-state index contributed by atoms with van der Waals surface area (Å²) in [5.74, 6) is 0. The number of aromatic nitrogens is 2. The van der Waals surface area contributed by atoms with Crippen LogP contribution in [0, 0.1) is 6.92 Å². The summed E-state index contributed by atoms with van der Waals surface area (Å²) in [7, 11) is 1.95. The highest BCUT2D eigenvalue weighted by Crippen LogP contribution is 2.20. The van der Waals surface area contributed by atoms with Crippen molar-refractivity contribution in [2.75, 3.05) is 13.6 Å². The molecule has 0 amide bonds. The maximum Gasteiger partial charge on any atom is 0.0831 e. The van der Waals surface area contributed by atoms with E-state index in [1.807, 2.05) is 49.1 Å². The van der Waals surface area contributed by atoms with Crippen molar-refractivity contribution in [2.45, 2.75) is 13.3 Å². The molecule has 0 aliphatic heterocycles. The first kappa shape index (κ1) is 12.1. The zero-order valence-corrected chi connectivity index (χ0v) is 10.8. The highest BCUT2D eigenvalue weighted by Gasteiger charge is 2.07. The first-order valence-electron chi connectivity index (χ1n) is 5.67. The Morgan fingerprint density at radius 1 is 1.35 bits per heavy atom. The number of nitrogens with one attached hydrogen (secondary N) is 1. The molecule has 1 aromatic heterocycles. The SMILES string of the molecule is CNCCc1cn(-c2ccccc2Cl)nc1C. The molecule has 0 aliphatic carbocycles. The Morgan fingerprint density at radius 3 is 2.82 bits per heavy atom. The molecule has 90 valence electrons. The fourth-order valence-electron chi connectivity index (χ4n) is 1.76. The minimum atomic E-state index is 0.718. The molecule has 0 radical (unpaired) electrons. The average molecular weight is 250 g/mol. The van der Waals surface area contributed by atoms with E-state index in [4.69, 9.17) is 11.6 Å². The van der Waals surface area contributed by atoms with Crippen molar-refractivity contribution in [3.8, 4) is 5.69 Å². The van der Waals surface area contributed by atoms with Crippen LogP contribution in [-0.4, -0.2) is 23.4 Å². The van der Waals surface area contributed by atoms with Crippen molar-refractivity contribution in [3.05, 3.63) is 46.7 Å². The number of halogens is 1. The lowest BCUT2D eigenvalue weighted by Gasteiger charge is -2.02. The van der Waals surface area contributed by atoms with Crippen LogP contribution < -0.4 is 5.32 Å². The first-order valence-corrected chi connectivity index (χ1v) is 6.05. The largest absolute Gasteiger partial charge is 0.319 e. The molecule has 1 aromatic carbocycles. The highest BCUT2D eigenvalue weighted by molar-refractivity contribution is 6.32. The molecule has 1 heterocycles. The van der Waals surface area contributed by atoms with Gasteiger partial charge < -0.3 is 5.32 Å². The van der Waals surface area contributed by atoms with Crippen molar-refractivity contribution in [1.82, 2.24) is 15.1 Å². The summed E-state index contributed by atoms with van der Waals surface area (Å²) in [6, 6.07) is 7.73. The molecule has 0 fully saturated rings. The Kier molecular flexibility index (Phi) is 3.82. The van der Waals surface area contributed by atoms with Crippen LogP contribution in [0.2, 0.25) is 5.02 Å². The maximum atomic E-state index is 6.15. The number of benzene rings is 1. The number of nitrogens with zero attached hydrogens (tertiary/aromatic N) is 2. The van der Waals surface area contributed by atoms with Gasteiger partial charge in [-0.3, -0.25) is 0 Å². The van der Waals surface area contributed by atoms with Crippen LogP contribution in [0.5, 0.6) is 0 Å². The van der Waals surface area contributed by atoms with Crippen molar-refractivity contribution in [3.63, 3.8) is 0 Å². The summed E-state index contributed by atoms with van der Waals surface area (Å²) in [6.45, 7) is 2.98. The summed E-state index contributed by atoms with van der Waals surface area (Å²) in [4.78, 5) is 0. The Labute approximate surface area is 106 Å². The normalized spacial score (nSPS) is 10.8. The third-order valence-corrected chi connectivity index (χ3v) is 3.06. The average Bonchev–Trinajstić information content (AvgIpc) is 2.68. The molecule has 2 rings (SSSR count). The molecule has 0 spiro atoms. The van der Waals surface area contributed by atoms with E-state index in [1.54, 1.807) is 0 Å². The fourth-order valence-corrected chi connectivity index (χ4v) is 1.98. The van der Waals surface area contributed by atoms with Crippen LogP contribution in [0.3, 0.4) is 0 Å². The van der Waals surface area contributed by atoms with Gasteiger partial charge in [-0.1, -0.05) is 23.7 Å². The minimum absolute atomic E-state index is 0.718. The molecule has 0 aliphatic rings. The molecule has 0 saturated heterocycles. The smallest absolute Gasteiger partial charge is 0.0831 e. The molecule has 1 N–H and O–H groups in total. The quantitative estimate of drug-likeness (QED) is 0.903. The lowest BCUT2D eigenvalue weighted by Crippen LogP contribution is -2.10. The van der Waals surface area contributed by atoms with Gasteiger partial charge in [0.15, 0.2) is 0 Å². The number of aryl methyl sites for hydroxylation is 1. The molecule has 0 bridgehead atoms. The molecule has 17 heavy (non-hydrogen) atoms. The predicted octanol–water partition coefficient (Wildman–Crippen LogP) is 2.60. The summed E-state index contributed by atoms with van der Waals surface area (Å²) >= 11 is 6.15. The van der Waals surface area contributed by atoms with Gasteiger partial charge in [0.2, 0.25) is 0 Å². The van der Waals surface area contributed by atoms with Gasteiger partial charge in [0.25, 0.3) is 0 Å².